The molecule has 0 amide bonds. The van der Waals surface area contributed by atoms with Crippen molar-refractivity contribution in [2.24, 2.45) is 5.84 Å². The molecule has 0 atom stereocenters. The SMILES string of the molecule is CCN(CC)c1ccc(-c2cc(N)c(NN)c(F)c2)cc1. The fourth-order valence-corrected chi connectivity index (χ4v) is 2.40. The van der Waals surface area contributed by atoms with Gasteiger partial charge in [0.15, 0.2) is 0 Å². The van der Waals surface area contributed by atoms with Gasteiger partial charge in [0.05, 0.1) is 5.69 Å². The number of nitrogens with one attached hydrogen (secondary N) is 1. The second-order valence-corrected chi connectivity index (χ2v) is 4.79. The molecule has 0 unspecified atom stereocenters. The molecule has 0 aliphatic rings. The monoisotopic (exact) mass is 288 g/mol. The molecule has 0 radical (unpaired) electrons. The Labute approximate surface area is 124 Å². The van der Waals surface area contributed by atoms with E-state index in [2.05, 4.69) is 24.2 Å². The highest BCUT2D eigenvalue weighted by atomic mass is 19.1. The number of hydrazine groups is 1. The number of benzene rings is 2. The number of nitrogens with zero attached hydrogens (tertiary/aromatic N) is 1. The maximum Gasteiger partial charge on any atom is 0.150 e. The molecule has 0 saturated heterocycles. The molecule has 0 aliphatic heterocycles. The van der Waals surface area contributed by atoms with E-state index in [-0.39, 0.29) is 5.69 Å². The van der Waals surface area contributed by atoms with Crippen molar-refractivity contribution in [1.29, 1.82) is 0 Å². The highest BCUT2D eigenvalue weighted by Crippen LogP contribution is 2.30. The van der Waals surface area contributed by atoms with Gasteiger partial charge in [-0.1, -0.05) is 12.1 Å². The smallest absolute Gasteiger partial charge is 0.150 e. The van der Waals surface area contributed by atoms with E-state index in [1.165, 1.54) is 6.07 Å². The van der Waals surface area contributed by atoms with Crippen molar-refractivity contribution in [1.82, 2.24) is 0 Å². The number of nitrogen functional groups attached to an aromatic ring is 2. The van der Waals surface area contributed by atoms with E-state index < -0.39 is 5.82 Å². The van der Waals surface area contributed by atoms with Crippen molar-refractivity contribution in [3.8, 4) is 11.1 Å². The topological polar surface area (TPSA) is 67.3 Å². The van der Waals surface area contributed by atoms with Crippen molar-refractivity contribution < 1.29 is 4.39 Å². The summed E-state index contributed by atoms with van der Waals surface area (Å²) in [5.41, 5.74) is 11.3. The van der Waals surface area contributed by atoms with Crippen molar-refractivity contribution in [2.75, 3.05) is 29.1 Å². The zero-order chi connectivity index (χ0) is 15.4. The van der Waals surface area contributed by atoms with Gasteiger partial charge in [-0.2, -0.15) is 0 Å². The fourth-order valence-electron chi connectivity index (χ4n) is 2.40. The molecule has 0 aromatic heterocycles. The van der Waals surface area contributed by atoms with E-state index in [1.807, 2.05) is 24.3 Å². The Bertz CT molecular complexity index is 583. The third kappa shape index (κ3) is 3.08. The van der Waals surface area contributed by atoms with Gasteiger partial charge in [-0.3, -0.25) is 5.84 Å². The molecule has 21 heavy (non-hydrogen) atoms. The molecule has 4 nitrogen and oxygen atoms in total. The number of nitrogens with two attached hydrogens (primary N) is 2. The highest BCUT2D eigenvalue weighted by Gasteiger charge is 2.09. The molecule has 0 fully saturated rings. The molecule has 0 heterocycles. The van der Waals surface area contributed by atoms with Gasteiger partial charge in [0.2, 0.25) is 0 Å². The number of anilines is 3. The summed E-state index contributed by atoms with van der Waals surface area (Å²) in [6, 6.07) is 11.1. The number of hydrogen-bond acceptors (Lipinski definition) is 4. The molecule has 0 aliphatic carbocycles. The minimum Gasteiger partial charge on any atom is -0.397 e. The number of rotatable bonds is 5. The van der Waals surface area contributed by atoms with Crippen LogP contribution in [0.3, 0.4) is 0 Å². The summed E-state index contributed by atoms with van der Waals surface area (Å²) >= 11 is 0. The Morgan fingerprint density at radius 3 is 2.14 bits per heavy atom. The summed E-state index contributed by atoms with van der Waals surface area (Å²) in [4.78, 5) is 2.25. The Morgan fingerprint density at radius 2 is 1.67 bits per heavy atom. The normalized spacial score (nSPS) is 10.5. The molecule has 0 saturated carbocycles. The fraction of sp³-hybridized carbons (Fsp3) is 0.250. The molecular formula is C16H21FN4. The Balaban J connectivity index is 2.35. The summed E-state index contributed by atoms with van der Waals surface area (Å²) in [5, 5.41) is 0. The van der Waals surface area contributed by atoms with Crippen LogP contribution in [0.25, 0.3) is 11.1 Å². The first-order valence-corrected chi connectivity index (χ1v) is 7.01. The van der Waals surface area contributed by atoms with E-state index >= 15 is 0 Å². The summed E-state index contributed by atoms with van der Waals surface area (Å²) < 4.78 is 13.9. The van der Waals surface area contributed by atoms with E-state index in [0.29, 0.717) is 5.69 Å². The molecule has 0 spiro atoms. The van der Waals surface area contributed by atoms with Gasteiger partial charge in [-0.25, -0.2) is 4.39 Å². The largest absolute Gasteiger partial charge is 0.397 e. The predicted octanol–water partition coefficient (Wildman–Crippen LogP) is 3.21. The standard InChI is InChI=1S/C16H21FN4/c1-3-21(4-2)13-7-5-11(6-8-13)12-9-14(17)16(20-19)15(18)10-12/h5-10,20H,3-4,18-19H2,1-2H3. The molecule has 2 aromatic carbocycles. The minimum atomic E-state index is -0.458. The molecule has 112 valence electrons. The van der Waals surface area contributed by atoms with Gasteiger partial charge in [0.1, 0.15) is 11.5 Å². The van der Waals surface area contributed by atoms with Crippen LogP contribution in [0.4, 0.5) is 21.5 Å². The summed E-state index contributed by atoms with van der Waals surface area (Å²) in [6.45, 7) is 6.14. The quantitative estimate of drug-likeness (QED) is 0.449. The van der Waals surface area contributed by atoms with Gasteiger partial charge in [-0.15, -0.1) is 0 Å². The van der Waals surface area contributed by atoms with Gasteiger partial charge in [0, 0.05) is 18.8 Å². The van der Waals surface area contributed by atoms with E-state index in [9.17, 15) is 4.39 Å². The molecule has 2 rings (SSSR count). The second-order valence-electron chi connectivity index (χ2n) is 4.79. The molecule has 0 bridgehead atoms. The lowest BCUT2D eigenvalue weighted by Crippen LogP contribution is -2.21. The van der Waals surface area contributed by atoms with E-state index in [0.717, 1.165) is 29.9 Å². The summed E-state index contributed by atoms with van der Waals surface area (Å²) in [7, 11) is 0. The van der Waals surface area contributed by atoms with Crippen LogP contribution in [0, 0.1) is 5.82 Å². The first-order valence-electron chi connectivity index (χ1n) is 7.01. The first kappa shape index (κ1) is 15.1. The summed E-state index contributed by atoms with van der Waals surface area (Å²) in [6.07, 6.45) is 0. The second kappa shape index (κ2) is 6.45. The average Bonchev–Trinajstić information content (AvgIpc) is 2.49. The van der Waals surface area contributed by atoms with Gasteiger partial charge in [0.25, 0.3) is 0 Å². The van der Waals surface area contributed by atoms with Crippen LogP contribution in [0.1, 0.15) is 13.8 Å². The predicted molar refractivity (Wildman–Crippen MR) is 87.6 cm³/mol. The molecule has 2 aromatic rings. The Hall–Kier alpha value is -2.27. The molecule has 5 N–H and O–H groups in total. The molecule has 5 heteroatoms. The van der Waals surface area contributed by atoms with Crippen molar-refractivity contribution in [3.05, 3.63) is 42.2 Å². The van der Waals surface area contributed by atoms with Gasteiger partial charge >= 0.3 is 0 Å². The zero-order valence-corrected chi connectivity index (χ0v) is 12.4. The van der Waals surface area contributed by atoms with Crippen LogP contribution in [-0.4, -0.2) is 13.1 Å². The highest BCUT2D eigenvalue weighted by molar-refractivity contribution is 5.77. The maximum atomic E-state index is 13.9. The van der Waals surface area contributed by atoms with E-state index in [4.69, 9.17) is 11.6 Å². The zero-order valence-electron chi connectivity index (χ0n) is 12.4. The maximum absolute atomic E-state index is 13.9. The first-order chi connectivity index (χ1) is 10.1. The third-order valence-corrected chi connectivity index (χ3v) is 3.59. The van der Waals surface area contributed by atoms with Crippen molar-refractivity contribution in [2.45, 2.75) is 13.8 Å². The van der Waals surface area contributed by atoms with Gasteiger partial charge in [-0.05, 0) is 49.2 Å². The average molecular weight is 288 g/mol. The lowest BCUT2D eigenvalue weighted by Gasteiger charge is -2.21. The number of halogens is 1. The summed E-state index contributed by atoms with van der Waals surface area (Å²) in [5.74, 6) is 4.79. The van der Waals surface area contributed by atoms with Crippen molar-refractivity contribution in [3.63, 3.8) is 0 Å². The van der Waals surface area contributed by atoms with E-state index in [1.54, 1.807) is 6.07 Å². The third-order valence-electron chi connectivity index (χ3n) is 3.59. The van der Waals surface area contributed by atoms with Crippen LogP contribution in [-0.2, 0) is 0 Å². The van der Waals surface area contributed by atoms with Crippen LogP contribution in [0.15, 0.2) is 36.4 Å². The van der Waals surface area contributed by atoms with Crippen LogP contribution >= 0.6 is 0 Å². The number of hydrogen-bond donors (Lipinski definition) is 3. The minimum absolute atomic E-state index is 0.124. The van der Waals surface area contributed by atoms with Crippen LogP contribution in [0.5, 0.6) is 0 Å². The lowest BCUT2D eigenvalue weighted by atomic mass is 10.0. The lowest BCUT2D eigenvalue weighted by molar-refractivity contribution is 0.631. The molecular weight excluding hydrogens is 267 g/mol. The van der Waals surface area contributed by atoms with Gasteiger partial charge < -0.3 is 16.1 Å². The Morgan fingerprint density at radius 1 is 1.05 bits per heavy atom. The van der Waals surface area contributed by atoms with Crippen LogP contribution in [0.2, 0.25) is 0 Å². The Kier molecular flexibility index (Phi) is 4.65. The van der Waals surface area contributed by atoms with Crippen LogP contribution < -0.4 is 21.9 Å². The van der Waals surface area contributed by atoms with Crippen molar-refractivity contribution >= 4 is 17.1 Å².